The summed E-state index contributed by atoms with van der Waals surface area (Å²) in [6.45, 7) is 1.27. The van der Waals surface area contributed by atoms with Gasteiger partial charge in [-0.05, 0) is 19.1 Å². The fraction of sp³-hybridized carbons (Fsp3) is 0.0909. The summed E-state index contributed by atoms with van der Waals surface area (Å²) in [5, 5.41) is 18.2. The van der Waals surface area contributed by atoms with Gasteiger partial charge in [-0.1, -0.05) is 28.1 Å². The highest BCUT2D eigenvalue weighted by atomic mass is 79.9. The summed E-state index contributed by atoms with van der Waals surface area (Å²) < 4.78 is 0.825. The summed E-state index contributed by atoms with van der Waals surface area (Å²) in [5.41, 5.74) is 0.213. The Morgan fingerprint density at radius 2 is 1.62 bits per heavy atom. The first-order chi connectivity index (χ1) is 7.43. The van der Waals surface area contributed by atoms with Crippen molar-refractivity contribution in [2.75, 3.05) is 0 Å². The van der Waals surface area contributed by atoms with E-state index in [1.54, 1.807) is 24.3 Å². The van der Waals surface area contributed by atoms with E-state index in [0.717, 1.165) is 4.47 Å². The third-order valence-electron chi connectivity index (χ3n) is 2.01. The van der Waals surface area contributed by atoms with E-state index in [0.29, 0.717) is 5.56 Å². The molecule has 0 amide bonds. The number of aliphatic carboxylic acids is 1. The second-order valence-electron chi connectivity index (χ2n) is 3.11. The number of carboxylic acid groups (broad SMARTS) is 1. The Balaban J connectivity index is 3.13. The van der Waals surface area contributed by atoms with Gasteiger partial charge in [0.25, 0.3) is 5.78 Å². The van der Waals surface area contributed by atoms with Crippen LogP contribution in [0.1, 0.15) is 12.5 Å². The van der Waals surface area contributed by atoms with Gasteiger partial charge in [0.15, 0.2) is 0 Å². The molecule has 0 saturated carbocycles. The van der Waals surface area contributed by atoms with Gasteiger partial charge in [-0.15, -0.1) is 0 Å². The number of aliphatic hydroxyl groups excluding tert-OH is 1. The molecule has 0 atom stereocenters. The third kappa shape index (κ3) is 2.70. The van der Waals surface area contributed by atoms with Gasteiger partial charge in [0.1, 0.15) is 5.76 Å². The van der Waals surface area contributed by atoms with E-state index < -0.39 is 11.8 Å². The molecule has 0 saturated heterocycles. The van der Waals surface area contributed by atoms with Crippen LogP contribution < -0.4 is 0 Å². The molecule has 0 aliphatic rings. The lowest BCUT2D eigenvalue weighted by molar-refractivity contribution is -0.147. The van der Waals surface area contributed by atoms with E-state index in [1.807, 2.05) is 0 Å². The quantitative estimate of drug-likeness (QED) is 0.508. The summed E-state index contributed by atoms with van der Waals surface area (Å²) in [4.78, 5) is 21.5. The zero-order valence-corrected chi connectivity index (χ0v) is 9.98. The molecule has 5 heteroatoms. The van der Waals surface area contributed by atoms with Crippen LogP contribution in [0, 0.1) is 0 Å². The molecule has 4 nitrogen and oxygen atoms in total. The lowest BCUT2D eigenvalue weighted by Gasteiger charge is -2.03. The number of rotatable bonds is 3. The van der Waals surface area contributed by atoms with Crippen molar-refractivity contribution in [2.45, 2.75) is 6.92 Å². The highest BCUT2D eigenvalue weighted by Gasteiger charge is 2.18. The Hall–Kier alpha value is -1.62. The van der Waals surface area contributed by atoms with Crippen molar-refractivity contribution in [3.8, 4) is 0 Å². The maximum absolute atomic E-state index is 11.1. The van der Waals surface area contributed by atoms with Crippen molar-refractivity contribution in [1.29, 1.82) is 0 Å². The molecule has 0 fully saturated rings. The van der Waals surface area contributed by atoms with Gasteiger partial charge in [0.05, 0.1) is 0 Å². The van der Waals surface area contributed by atoms with Crippen molar-refractivity contribution >= 4 is 33.4 Å². The maximum Gasteiger partial charge on any atom is 0.377 e. The minimum atomic E-state index is -1.58. The molecule has 0 bridgehead atoms. The topological polar surface area (TPSA) is 74.6 Å². The van der Waals surface area contributed by atoms with Crippen LogP contribution in [0.3, 0.4) is 0 Å². The van der Waals surface area contributed by atoms with Crippen LogP contribution in [0.25, 0.3) is 5.76 Å². The van der Waals surface area contributed by atoms with E-state index >= 15 is 0 Å². The van der Waals surface area contributed by atoms with Crippen LogP contribution in [-0.2, 0) is 9.59 Å². The van der Waals surface area contributed by atoms with Crippen LogP contribution in [0.2, 0.25) is 0 Å². The molecule has 0 heterocycles. The number of ketones is 1. The molecule has 84 valence electrons. The summed E-state index contributed by atoms with van der Waals surface area (Å²) >= 11 is 3.23. The molecule has 0 aromatic heterocycles. The third-order valence-corrected chi connectivity index (χ3v) is 2.54. The van der Waals surface area contributed by atoms with E-state index in [2.05, 4.69) is 15.9 Å². The fourth-order valence-corrected chi connectivity index (χ4v) is 1.36. The summed E-state index contributed by atoms with van der Waals surface area (Å²) in [6, 6.07) is 6.53. The largest absolute Gasteiger partial charge is 0.507 e. The molecule has 16 heavy (non-hydrogen) atoms. The van der Waals surface area contributed by atoms with Gasteiger partial charge in [-0.3, -0.25) is 4.79 Å². The van der Waals surface area contributed by atoms with Gasteiger partial charge in [-0.2, -0.15) is 0 Å². The molecule has 2 N–H and O–H groups in total. The fourth-order valence-electron chi connectivity index (χ4n) is 1.09. The molecular formula is C11H9BrO4. The Bertz CT molecular complexity index is 459. The molecule has 0 aliphatic heterocycles. The van der Waals surface area contributed by atoms with Gasteiger partial charge in [0, 0.05) is 15.6 Å². The van der Waals surface area contributed by atoms with Crippen LogP contribution >= 0.6 is 15.9 Å². The van der Waals surface area contributed by atoms with Gasteiger partial charge in [-0.25, -0.2) is 4.79 Å². The predicted octanol–water partition coefficient (Wildman–Crippen LogP) is 2.39. The zero-order chi connectivity index (χ0) is 12.3. The smallest absolute Gasteiger partial charge is 0.377 e. The second kappa shape index (κ2) is 4.94. The van der Waals surface area contributed by atoms with Gasteiger partial charge < -0.3 is 10.2 Å². The lowest BCUT2D eigenvalue weighted by Crippen LogP contribution is -2.14. The Morgan fingerprint density at radius 1 is 1.12 bits per heavy atom. The molecule has 1 aromatic rings. The SMILES string of the molecule is CC(C(=O)C(=O)O)=C(O)c1ccc(Br)cc1. The average molecular weight is 285 g/mol. The first kappa shape index (κ1) is 12.4. The van der Waals surface area contributed by atoms with Crippen LogP contribution in [0.5, 0.6) is 0 Å². The number of Topliss-reactive ketones (excluding diaryl/α,β-unsaturated/α-hetero) is 1. The summed E-state index contributed by atoms with van der Waals surface area (Å²) in [5.74, 6) is -3.01. The first-order valence-electron chi connectivity index (χ1n) is 4.37. The highest BCUT2D eigenvalue weighted by Crippen LogP contribution is 2.19. The number of benzene rings is 1. The minimum Gasteiger partial charge on any atom is -0.507 e. The molecule has 1 rings (SSSR count). The minimum absolute atomic E-state index is 0.185. The van der Waals surface area contributed by atoms with E-state index in [4.69, 9.17) is 5.11 Å². The standard InChI is InChI=1S/C11H9BrO4/c1-6(10(14)11(15)16)9(13)7-2-4-8(12)5-3-7/h2-5,13H,1H3,(H,15,16). The van der Waals surface area contributed by atoms with Crippen molar-refractivity contribution in [3.63, 3.8) is 0 Å². The molecule has 1 aromatic carbocycles. The van der Waals surface area contributed by atoms with Crippen LogP contribution in [-0.4, -0.2) is 22.0 Å². The zero-order valence-electron chi connectivity index (χ0n) is 8.40. The molecule has 0 spiro atoms. The van der Waals surface area contributed by atoms with Gasteiger partial charge in [0.2, 0.25) is 0 Å². The predicted molar refractivity (Wildman–Crippen MR) is 62.0 cm³/mol. The van der Waals surface area contributed by atoms with Gasteiger partial charge >= 0.3 is 5.97 Å². The number of halogens is 1. The molecule has 0 radical (unpaired) electrons. The Labute approximate surface area is 100 Å². The number of carbonyl (C=O) groups is 2. The maximum atomic E-state index is 11.1. The number of aliphatic hydroxyl groups is 1. The number of carboxylic acids is 1. The molecule has 0 aliphatic carbocycles. The number of carbonyl (C=O) groups excluding carboxylic acids is 1. The Kier molecular flexibility index (Phi) is 3.84. The molecular weight excluding hydrogens is 276 g/mol. The summed E-state index contributed by atoms with van der Waals surface area (Å²) in [6.07, 6.45) is 0. The first-order valence-corrected chi connectivity index (χ1v) is 5.16. The van der Waals surface area contributed by atoms with Crippen molar-refractivity contribution in [1.82, 2.24) is 0 Å². The van der Waals surface area contributed by atoms with E-state index in [-0.39, 0.29) is 11.3 Å². The van der Waals surface area contributed by atoms with Crippen molar-refractivity contribution in [2.24, 2.45) is 0 Å². The molecule has 0 unspecified atom stereocenters. The Morgan fingerprint density at radius 3 is 2.06 bits per heavy atom. The normalized spacial score (nSPS) is 11.9. The highest BCUT2D eigenvalue weighted by molar-refractivity contribution is 9.10. The number of hydrogen-bond acceptors (Lipinski definition) is 3. The van der Waals surface area contributed by atoms with E-state index in [9.17, 15) is 14.7 Å². The average Bonchev–Trinajstić information content (AvgIpc) is 2.27. The monoisotopic (exact) mass is 284 g/mol. The van der Waals surface area contributed by atoms with Crippen molar-refractivity contribution in [3.05, 3.63) is 39.9 Å². The number of hydrogen-bond donors (Lipinski definition) is 2. The second-order valence-corrected chi connectivity index (χ2v) is 4.03. The lowest BCUT2D eigenvalue weighted by atomic mass is 10.1. The van der Waals surface area contributed by atoms with E-state index in [1.165, 1.54) is 6.92 Å². The van der Waals surface area contributed by atoms with Crippen molar-refractivity contribution < 1.29 is 19.8 Å². The van der Waals surface area contributed by atoms with Crippen LogP contribution in [0.4, 0.5) is 0 Å². The van der Waals surface area contributed by atoms with Crippen LogP contribution in [0.15, 0.2) is 34.3 Å². The summed E-state index contributed by atoms with van der Waals surface area (Å²) in [7, 11) is 0.